The lowest BCUT2D eigenvalue weighted by Gasteiger charge is -2.11. The minimum atomic E-state index is 0.554. The Morgan fingerprint density at radius 2 is 2.17 bits per heavy atom. The van der Waals surface area contributed by atoms with Crippen molar-refractivity contribution in [1.29, 1.82) is 0 Å². The highest BCUT2D eigenvalue weighted by atomic mass is 79.9. The summed E-state index contributed by atoms with van der Waals surface area (Å²) in [4.78, 5) is 0. The van der Waals surface area contributed by atoms with Gasteiger partial charge in [0.05, 0.1) is 0 Å². The van der Waals surface area contributed by atoms with Crippen molar-refractivity contribution in [3.63, 3.8) is 0 Å². The van der Waals surface area contributed by atoms with Gasteiger partial charge in [-0.05, 0) is 30.0 Å². The molecule has 2 heteroatoms. The van der Waals surface area contributed by atoms with Gasteiger partial charge in [-0.1, -0.05) is 35.8 Å². The Morgan fingerprint density at radius 3 is 2.67 bits per heavy atom. The van der Waals surface area contributed by atoms with Crippen molar-refractivity contribution in [2.24, 2.45) is 0 Å². The SMILES string of the molecule is CCC(C)c1ccc(Br)cc1N. The van der Waals surface area contributed by atoms with Crippen LogP contribution in [0.5, 0.6) is 0 Å². The first-order valence-electron chi connectivity index (χ1n) is 4.20. The fourth-order valence-corrected chi connectivity index (χ4v) is 1.59. The standard InChI is InChI=1S/C10H14BrN/c1-3-7(2)9-5-4-8(11)6-10(9)12/h4-7H,3,12H2,1-2H3. The summed E-state index contributed by atoms with van der Waals surface area (Å²) in [5, 5.41) is 0. The molecule has 0 saturated carbocycles. The number of rotatable bonds is 2. The predicted molar refractivity (Wildman–Crippen MR) is 57.3 cm³/mol. The third-order valence-corrected chi connectivity index (χ3v) is 2.69. The highest BCUT2D eigenvalue weighted by molar-refractivity contribution is 9.10. The molecule has 0 aromatic heterocycles. The summed E-state index contributed by atoms with van der Waals surface area (Å²) in [5.41, 5.74) is 8.01. The lowest BCUT2D eigenvalue weighted by atomic mass is 9.97. The molecule has 66 valence electrons. The maximum absolute atomic E-state index is 5.87. The molecule has 0 radical (unpaired) electrons. The molecule has 1 atom stereocenters. The molecule has 0 amide bonds. The Balaban J connectivity index is 3.01. The molecule has 0 aliphatic carbocycles. The maximum Gasteiger partial charge on any atom is 0.0360 e. The third-order valence-electron chi connectivity index (χ3n) is 2.19. The first-order chi connectivity index (χ1) is 5.65. The molecular formula is C10H14BrN. The molecule has 1 nitrogen and oxygen atoms in total. The van der Waals surface area contributed by atoms with Gasteiger partial charge in [0.2, 0.25) is 0 Å². The Hall–Kier alpha value is -0.500. The molecule has 2 N–H and O–H groups in total. The van der Waals surface area contributed by atoms with Gasteiger partial charge in [-0.3, -0.25) is 0 Å². The topological polar surface area (TPSA) is 26.0 Å². The van der Waals surface area contributed by atoms with E-state index in [1.54, 1.807) is 0 Å². The quantitative estimate of drug-likeness (QED) is 0.769. The largest absolute Gasteiger partial charge is 0.398 e. The van der Waals surface area contributed by atoms with Crippen molar-refractivity contribution in [3.8, 4) is 0 Å². The van der Waals surface area contributed by atoms with Crippen LogP contribution in [-0.4, -0.2) is 0 Å². The van der Waals surface area contributed by atoms with Gasteiger partial charge in [0.15, 0.2) is 0 Å². The molecule has 0 heterocycles. The molecule has 1 rings (SSSR count). The van der Waals surface area contributed by atoms with Gasteiger partial charge in [-0.15, -0.1) is 0 Å². The van der Waals surface area contributed by atoms with Gasteiger partial charge in [0.25, 0.3) is 0 Å². The molecule has 0 aliphatic rings. The minimum absolute atomic E-state index is 0.554. The molecule has 1 aromatic carbocycles. The van der Waals surface area contributed by atoms with Gasteiger partial charge in [0.1, 0.15) is 0 Å². The van der Waals surface area contributed by atoms with E-state index in [2.05, 4.69) is 35.8 Å². The van der Waals surface area contributed by atoms with E-state index in [-0.39, 0.29) is 0 Å². The number of halogens is 1. The first-order valence-corrected chi connectivity index (χ1v) is 4.99. The van der Waals surface area contributed by atoms with Gasteiger partial charge in [0, 0.05) is 10.2 Å². The molecule has 0 bridgehead atoms. The zero-order valence-electron chi connectivity index (χ0n) is 7.47. The van der Waals surface area contributed by atoms with Gasteiger partial charge < -0.3 is 5.73 Å². The summed E-state index contributed by atoms with van der Waals surface area (Å²) < 4.78 is 1.05. The number of benzene rings is 1. The monoisotopic (exact) mass is 227 g/mol. The summed E-state index contributed by atoms with van der Waals surface area (Å²) in [7, 11) is 0. The zero-order valence-corrected chi connectivity index (χ0v) is 9.06. The number of nitrogen functional groups attached to an aromatic ring is 1. The second kappa shape index (κ2) is 3.94. The van der Waals surface area contributed by atoms with Gasteiger partial charge in [-0.2, -0.15) is 0 Å². The number of nitrogens with two attached hydrogens (primary N) is 1. The molecule has 0 spiro atoms. The average molecular weight is 228 g/mol. The van der Waals surface area contributed by atoms with Crippen LogP contribution in [0.15, 0.2) is 22.7 Å². The Morgan fingerprint density at radius 1 is 1.50 bits per heavy atom. The van der Waals surface area contributed by atoms with Crippen LogP contribution in [0.3, 0.4) is 0 Å². The highest BCUT2D eigenvalue weighted by Crippen LogP contribution is 2.27. The van der Waals surface area contributed by atoms with Crippen LogP contribution in [-0.2, 0) is 0 Å². The third kappa shape index (κ3) is 2.01. The summed E-state index contributed by atoms with van der Waals surface area (Å²) in [6.07, 6.45) is 1.13. The molecule has 1 aromatic rings. The van der Waals surface area contributed by atoms with E-state index >= 15 is 0 Å². The second-order valence-electron chi connectivity index (χ2n) is 3.08. The Kier molecular flexibility index (Phi) is 3.15. The fourth-order valence-electron chi connectivity index (χ4n) is 1.21. The van der Waals surface area contributed by atoms with E-state index in [0.717, 1.165) is 16.6 Å². The maximum atomic E-state index is 5.87. The first kappa shape index (κ1) is 9.59. The van der Waals surface area contributed by atoms with E-state index in [1.807, 2.05) is 12.1 Å². The normalized spacial score (nSPS) is 12.9. The molecular weight excluding hydrogens is 214 g/mol. The lowest BCUT2D eigenvalue weighted by molar-refractivity contribution is 0.736. The van der Waals surface area contributed by atoms with Crippen LogP contribution in [0.1, 0.15) is 31.7 Å². The van der Waals surface area contributed by atoms with Crippen LogP contribution in [0.25, 0.3) is 0 Å². The molecule has 0 fully saturated rings. The fraction of sp³-hybridized carbons (Fsp3) is 0.400. The predicted octanol–water partition coefficient (Wildman–Crippen LogP) is 3.54. The zero-order chi connectivity index (χ0) is 9.14. The van der Waals surface area contributed by atoms with E-state index in [0.29, 0.717) is 5.92 Å². The van der Waals surface area contributed by atoms with Gasteiger partial charge >= 0.3 is 0 Å². The number of hydrogen-bond acceptors (Lipinski definition) is 1. The van der Waals surface area contributed by atoms with Crippen LogP contribution >= 0.6 is 15.9 Å². The van der Waals surface area contributed by atoms with Crippen molar-refractivity contribution in [3.05, 3.63) is 28.2 Å². The average Bonchev–Trinajstić information content (AvgIpc) is 2.03. The van der Waals surface area contributed by atoms with Gasteiger partial charge in [-0.25, -0.2) is 0 Å². The van der Waals surface area contributed by atoms with E-state index < -0.39 is 0 Å². The highest BCUT2D eigenvalue weighted by Gasteiger charge is 2.06. The van der Waals surface area contributed by atoms with Crippen molar-refractivity contribution in [1.82, 2.24) is 0 Å². The molecule has 0 saturated heterocycles. The van der Waals surface area contributed by atoms with Crippen molar-refractivity contribution < 1.29 is 0 Å². The number of hydrogen-bond donors (Lipinski definition) is 1. The Labute approximate surface area is 82.1 Å². The summed E-state index contributed by atoms with van der Waals surface area (Å²) in [6.45, 7) is 4.37. The lowest BCUT2D eigenvalue weighted by Crippen LogP contribution is -1.97. The second-order valence-corrected chi connectivity index (χ2v) is 4.00. The van der Waals surface area contributed by atoms with E-state index in [1.165, 1.54) is 5.56 Å². The number of anilines is 1. The van der Waals surface area contributed by atoms with E-state index in [9.17, 15) is 0 Å². The van der Waals surface area contributed by atoms with Crippen LogP contribution < -0.4 is 5.73 Å². The van der Waals surface area contributed by atoms with Crippen LogP contribution in [0.4, 0.5) is 5.69 Å². The summed E-state index contributed by atoms with van der Waals surface area (Å²) in [6, 6.07) is 6.09. The molecule has 0 aliphatic heterocycles. The summed E-state index contributed by atoms with van der Waals surface area (Å²) >= 11 is 3.39. The minimum Gasteiger partial charge on any atom is -0.398 e. The van der Waals surface area contributed by atoms with Crippen molar-refractivity contribution in [2.45, 2.75) is 26.2 Å². The molecule has 12 heavy (non-hydrogen) atoms. The molecule has 1 unspecified atom stereocenters. The van der Waals surface area contributed by atoms with Crippen LogP contribution in [0.2, 0.25) is 0 Å². The van der Waals surface area contributed by atoms with E-state index in [4.69, 9.17) is 5.73 Å². The van der Waals surface area contributed by atoms with Crippen molar-refractivity contribution >= 4 is 21.6 Å². The smallest absolute Gasteiger partial charge is 0.0360 e. The Bertz CT molecular complexity index is 271. The van der Waals surface area contributed by atoms with Crippen molar-refractivity contribution in [2.75, 3.05) is 5.73 Å². The van der Waals surface area contributed by atoms with Crippen LogP contribution in [0, 0.1) is 0 Å². The summed E-state index contributed by atoms with van der Waals surface area (Å²) in [5.74, 6) is 0.554.